The van der Waals surface area contributed by atoms with Gasteiger partial charge in [-0.15, -0.1) is 0 Å². The van der Waals surface area contributed by atoms with Crippen molar-refractivity contribution >= 4 is 5.97 Å². The van der Waals surface area contributed by atoms with Crippen LogP contribution in [0.25, 0.3) is 0 Å². The molecule has 0 rings (SSSR count). The number of hydrogen-bond donors (Lipinski definition) is 1. The molecule has 0 aromatic rings. The zero-order valence-corrected chi connectivity index (χ0v) is 26.8. The van der Waals surface area contributed by atoms with Gasteiger partial charge in [-0.1, -0.05) is 178 Å². The number of carbonyl (C=O) groups is 1. The summed E-state index contributed by atoms with van der Waals surface area (Å²) in [7, 11) is 0. The van der Waals surface area contributed by atoms with Crippen molar-refractivity contribution in [3.05, 3.63) is 48.6 Å². The Bertz CT molecular complexity index is 613. The highest BCUT2D eigenvalue weighted by atomic mass is 16.4. The fourth-order valence-corrected chi connectivity index (χ4v) is 5.10. The van der Waals surface area contributed by atoms with E-state index in [1.165, 1.54) is 141 Å². The molecule has 40 heavy (non-hydrogen) atoms. The monoisotopic (exact) mass is 557 g/mol. The average Bonchev–Trinajstić information content (AvgIpc) is 2.95. The maximum absolute atomic E-state index is 10.5. The highest BCUT2D eigenvalue weighted by Crippen LogP contribution is 2.15. The van der Waals surface area contributed by atoms with Crippen LogP contribution in [0.5, 0.6) is 0 Å². The molecule has 0 saturated carbocycles. The minimum absolute atomic E-state index is 0.341. The van der Waals surface area contributed by atoms with E-state index in [1.807, 2.05) is 0 Å². The lowest BCUT2D eigenvalue weighted by molar-refractivity contribution is -0.137. The quantitative estimate of drug-likeness (QED) is 0.0660. The zero-order chi connectivity index (χ0) is 29.0. The summed E-state index contributed by atoms with van der Waals surface area (Å²) in [5, 5.41) is 8.63. The molecule has 0 unspecified atom stereocenters. The SMILES string of the molecule is CCCCCC=CCC=CCC=CCC=CCCCCCCCCCCCCCCCCCCCCCC(=O)O. The van der Waals surface area contributed by atoms with Crippen molar-refractivity contribution in [1.29, 1.82) is 0 Å². The Morgan fingerprint density at radius 3 is 1.00 bits per heavy atom. The average molecular weight is 557 g/mol. The van der Waals surface area contributed by atoms with Gasteiger partial charge in [-0.05, 0) is 51.4 Å². The van der Waals surface area contributed by atoms with E-state index >= 15 is 0 Å². The molecule has 0 spiro atoms. The van der Waals surface area contributed by atoms with Crippen LogP contribution in [0, 0.1) is 0 Å². The predicted molar refractivity (Wildman–Crippen MR) is 179 cm³/mol. The van der Waals surface area contributed by atoms with Crippen molar-refractivity contribution in [1.82, 2.24) is 0 Å². The number of carboxylic acids is 1. The highest BCUT2D eigenvalue weighted by molar-refractivity contribution is 5.66. The largest absolute Gasteiger partial charge is 0.481 e. The Morgan fingerprint density at radius 2 is 0.675 bits per heavy atom. The summed E-state index contributed by atoms with van der Waals surface area (Å²) in [6, 6.07) is 0. The lowest BCUT2D eigenvalue weighted by atomic mass is 10.0. The first-order valence-electron chi connectivity index (χ1n) is 17.6. The summed E-state index contributed by atoms with van der Waals surface area (Å²) >= 11 is 0. The van der Waals surface area contributed by atoms with Crippen LogP contribution >= 0.6 is 0 Å². The molecule has 0 aromatic carbocycles. The van der Waals surface area contributed by atoms with Crippen LogP contribution in [0.15, 0.2) is 48.6 Å². The Morgan fingerprint density at radius 1 is 0.400 bits per heavy atom. The second-order valence-electron chi connectivity index (χ2n) is 11.7. The van der Waals surface area contributed by atoms with Crippen LogP contribution in [0.1, 0.15) is 187 Å². The number of carboxylic acid groups (broad SMARTS) is 1. The first-order valence-corrected chi connectivity index (χ1v) is 17.6. The van der Waals surface area contributed by atoms with Crippen LogP contribution in [0.3, 0.4) is 0 Å². The number of unbranched alkanes of at least 4 members (excludes halogenated alkanes) is 22. The highest BCUT2D eigenvalue weighted by Gasteiger charge is 1.97. The lowest BCUT2D eigenvalue weighted by Crippen LogP contribution is -1.93. The van der Waals surface area contributed by atoms with Crippen LogP contribution in [0.4, 0.5) is 0 Å². The third kappa shape index (κ3) is 36.4. The molecule has 0 aliphatic heterocycles. The van der Waals surface area contributed by atoms with E-state index in [0.717, 1.165) is 32.1 Å². The van der Waals surface area contributed by atoms with Gasteiger partial charge in [0.1, 0.15) is 0 Å². The summed E-state index contributed by atoms with van der Waals surface area (Å²) in [5.74, 6) is -0.653. The minimum Gasteiger partial charge on any atom is -0.481 e. The maximum atomic E-state index is 10.5. The van der Waals surface area contributed by atoms with Gasteiger partial charge in [0, 0.05) is 6.42 Å². The number of rotatable bonds is 32. The molecule has 232 valence electrons. The smallest absolute Gasteiger partial charge is 0.303 e. The van der Waals surface area contributed by atoms with Crippen LogP contribution in [0.2, 0.25) is 0 Å². The summed E-state index contributed by atoms with van der Waals surface area (Å²) in [5.41, 5.74) is 0. The van der Waals surface area contributed by atoms with E-state index in [4.69, 9.17) is 5.11 Å². The molecule has 0 bridgehead atoms. The Balaban J connectivity index is 3.21. The van der Waals surface area contributed by atoms with E-state index in [1.54, 1.807) is 0 Å². The number of aliphatic carboxylic acids is 1. The Hall–Kier alpha value is -1.57. The van der Waals surface area contributed by atoms with E-state index in [0.29, 0.717) is 6.42 Å². The fraction of sp³-hybridized carbons (Fsp3) is 0.763. The van der Waals surface area contributed by atoms with E-state index in [-0.39, 0.29) is 0 Å². The molecule has 0 fully saturated rings. The summed E-state index contributed by atoms with van der Waals surface area (Å²) < 4.78 is 0. The van der Waals surface area contributed by atoms with Gasteiger partial charge < -0.3 is 5.11 Å². The molecular formula is C38H68O2. The van der Waals surface area contributed by atoms with Gasteiger partial charge in [0.25, 0.3) is 0 Å². The van der Waals surface area contributed by atoms with Gasteiger partial charge in [0.05, 0.1) is 0 Å². The molecular weight excluding hydrogens is 488 g/mol. The number of hydrogen-bond acceptors (Lipinski definition) is 1. The Kier molecular flexibility index (Phi) is 34.1. The van der Waals surface area contributed by atoms with Crippen molar-refractivity contribution in [2.45, 2.75) is 187 Å². The second kappa shape index (κ2) is 35.5. The van der Waals surface area contributed by atoms with E-state index in [2.05, 4.69) is 55.5 Å². The van der Waals surface area contributed by atoms with Crippen molar-refractivity contribution in [3.8, 4) is 0 Å². The summed E-state index contributed by atoms with van der Waals surface area (Å²) in [6.45, 7) is 2.26. The molecule has 2 nitrogen and oxygen atoms in total. The molecule has 2 heteroatoms. The normalized spacial score (nSPS) is 12.2. The van der Waals surface area contributed by atoms with Gasteiger partial charge in [-0.2, -0.15) is 0 Å². The Labute approximate surface area is 250 Å². The first-order chi connectivity index (χ1) is 19.8. The zero-order valence-electron chi connectivity index (χ0n) is 26.8. The van der Waals surface area contributed by atoms with Gasteiger partial charge in [-0.3, -0.25) is 4.79 Å². The molecule has 0 radical (unpaired) electrons. The van der Waals surface area contributed by atoms with Crippen molar-refractivity contribution in [2.24, 2.45) is 0 Å². The van der Waals surface area contributed by atoms with Crippen LogP contribution < -0.4 is 0 Å². The molecule has 1 N–H and O–H groups in total. The van der Waals surface area contributed by atoms with Crippen molar-refractivity contribution in [3.63, 3.8) is 0 Å². The molecule has 0 amide bonds. The van der Waals surface area contributed by atoms with E-state index < -0.39 is 5.97 Å². The van der Waals surface area contributed by atoms with E-state index in [9.17, 15) is 4.79 Å². The van der Waals surface area contributed by atoms with Gasteiger partial charge in [0.15, 0.2) is 0 Å². The lowest BCUT2D eigenvalue weighted by Gasteiger charge is -2.04. The van der Waals surface area contributed by atoms with Crippen molar-refractivity contribution < 1.29 is 9.90 Å². The predicted octanol–water partition coefficient (Wildman–Crippen LogP) is 13.2. The van der Waals surface area contributed by atoms with Crippen molar-refractivity contribution in [2.75, 3.05) is 0 Å². The summed E-state index contributed by atoms with van der Waals surface area (Å²) in [4.78, 5) is 10.5. The molecule has 0 heterocycles. The third-order valence-corrected chi connectivity index (χ3v) is 7.72. The van der Waals surface area contributed by atoms with Crippen LogP contribution in [-0.2, 0) is 4.79 Å². The topological polar surface area (TPSA) is 37.3 Å². The third-order valence-electron chi connectivity index (χ3n) is 7.72. The molecule has 0 atom stereocenters. The van der Waals surface area contributed by atoms with Crippen LogP contribution in [-0.4, -0.2) is 11.1 Å². The first kappa shape index (κ1) is 38.4. The minimum atomic E-state index is -0.653. The van der Waals surface area contributed by atoms with Gasteiger partial charge >= 0.3 is 5.97 Å². The standard InChI is InChI=1S/C38H68O2/c1-2-3-4-5-6-7-8-9-10-11-12-13-14-15-16-17-18-19-20-21-22-23-24-25-26-27-28-29-30-31-32-33-34-35-36-37-38(39)40/h6-7,9-10,12-13,15-16H,2-5,8,11,14,17-37H2,1H3,(H,39,40). The van der Waals surface area contributed by atoms with Gasteiger partial charge in [-0.25, -0.2) is 0 Å². The summed E-state index contributed by atoms with van der Waals surface area (Å²) in [6.07, 6.45) is 54.0. The van der Waals surface area contributed by atoms with Gasteiger partial charge in [0.2, 0.25) is 0 Å². The molecule has 0 aromatic heterocycles. The molecule has 0 aliphatic rings. The molecule has 0 saturated heterocycles. The second-order valence-corrected chi connectivity index (χ2v) is 11.7. The fourth-order valence-electron chi connectivity index (χ4n) is 5.10. The molecule has 0 aliphatic carbocycles. The number of allylic oxidation sites excluding steroid dienone is 8. The maximum Gasteiger partial charge on any atom is 0.303 e.